The second kappa shape index (κ2) is 9.65. The molecule has 2 aromatic carbocycles. The molecule has 9 heteroatoms. The first-order chi connectivity index (χ1) is 14.8. The third-order valence-electron chi connectivity index (χ3n) is 4.36. The van der Waals surface area contributed by atoms with Crippen molar-refractivity contribution in [2.75, 3.05) is 28.5 Å². The van der Waals surface area contributed by atoms with E-state index in [0.717, 1.165) is 23.5 Å². The summed E-state index contributed by atoms with van der Waals surface area (Å²) in [6, 6.07) is 13.6. The minimum atomic E-state index is -3.71. The molecule has 3 N–H and O–H groups in total. The first kappa shape index (κ1) is 22.4. The first-order valence-electron chi connectivity index (χ1n) is 10.0. The van der Waals surface area contributed by atoms with Gasteiger partial charge in [-0.05, 0) is 75.7 Å². The van der Waals surface area contributed by atoms with Gasteiger partial charge in [-0.25, -0.2) is 13.4 Å². The first-order valence-corrected chi connectivity index (χ1v) is 11.5. The molecule has 1 heterocycles. The van der Waals surface area contributed by atoms with Gasteiger partial charge in [0.25, 0.3) is 10.0 Å². The van der Waals surface area contributed by atoms with Gasteiger partial charge in [-0.2, -0.15) is 4.98 Å². The molecule has 31 heavy (non-hydrogen) atoms. The van der Waals surface area contributed by atoms with E-state index in [1.165, 1.54) is 6.07 Å². The van der Waals surface area contributed by atoms with E-state index in [2.05, 4.69) is 25.3 Å². The Balaban J connectivity index is 1.72. The molecule has 0 bridgehead atoms. The number of nitrogens with zero attached hydrogens (tertiary/aromatic N) is 2. The summed E-state index contributed by atoms with van der Waals surface area (Å²) in [6.45, 7) is 8.83. The average molecular weight is 442 g/mol. The molecule has 0 saturated carbocycles. The molecule has 3 aromatic rings. The van der Waals surface area contributed by atoms with Crippen LogP contribution in [0.25, 0.3) is 0 Å². The SMILES string of the molecule is CCNc1nc(C)cc(Nc2ccc(NS(=O)(=O)c3ccc(OCC)c(C)c3)cc2)n1. The molecule has 3 rings (SSSR count). The molecule has 0 aliphatic carbocycles. The fourth-order valence-corrected chi connectivity index (χ4v) is 4.10. The Hall–Kier alpha value is -3.33. The lowest BCUT2D eigenvalue weighted by molar-refractivity contribution is 0.337. The van der Waals surface area contributed by atoms with Crippen LogP contribution in [-0.4, -0.2) is 31.5 Å². The van der Waals surface area contributed by atoms with Crippen molar-refractivity contribution in [3.8, 4) is 5.75 Å². The van der Waals surface area contributed by atoms with E-state index in [-0.39, 0.29) is 4.90 Å². The maximum Gasteiger partial charge on any atom is 0.261 e. The van der Waals surface area contributed by atoms with E-state index in [4.69, 9.17) is 4.74 Å². The van der Waals surface area contributed by atoms with Gasteiger partial charge in [-0.15, -0.1) is 0 Å². The zero-order valence-corrected chi connectivity index (χ0v) is 18.9. The third-order valence-corrected chi connectivity index (χ3v) is 5.73. The minimum absolute atomic E-state index is 0.183. The molecule has 1 aromatic heterocycles. The zero-order chi connectivity index (χ0) is 22.4. The number of aromatic nitrogens is 2. The monoisotopic (exact) mass is 441 g/mol. The molecule has 0 fully saturated rings. The highest BCUT2D eigenvalue weighted by Gasteiger charge is 2.16. The van der Waals surface area contributed by atoms with Crippen molar-refractivity contribution in [3.63, 3.8) is 0 Å². The van der Waals surface area contributed by atoms with Crippen LogP contribution in [0.15, 0.2) is 53.4 Å². The largest absolute Gasteiger partial charge is 0.494 e. The summed E-state index contributed by atoms with van der Waals surface area (Å²) in [5, 5.41) is 6.30. The van der Waals surface area contributed by atoms with Crippen molar-refractivity contribution in [2.45, 2.75) is 32.6 Å². The van der Waals surface area contributed by atoms with Crippen LogP contribution < -0.4 is 20.1 Å². The molecule has 8 nitrogen and oxygen atoms in total. The average Bonchev–Trinajstić information content (AvgIpc) is 2.71. The Kier molecular flexibility index (Phi) is 6.96. The standard InChI is InChI=1S/C22H27N5O3S/c1-5-23-22-24-16(4)14-21(26-22)25-17-7-9-18(10-8-17)27-31(28,29)19-11-12-20(30-6-2)15(3)13-19/h7-14,27H,5-6H2,1-4H3,(H2,23,24,25,26). The molecule has 0 unspecified atom stereocenters. The van der Waals surface area contributed by atoms with Crippen LogP contribution >= 0.6 is 0 Å². The van der Waals surface area contributed by atoms with Gasteiger partial charge in [-0.3, -0.25) is 4.72 Å². The van der Waals surface area contributed by atoms with Gasteiger partial charge in [0.2, 0.25) is 5.95 Å². The maximum absolute atomic E-state index is 12.7. The molecule has 0 atom stereocenters. The quantitative estimate of drug-likeness (QED) is 0.450. The number of sulfonamides is 1. The third kappa shape index (κ3) is 5.85. The number of hydrogen-bond acceptors (Lipinski definition) is 7. The van der Waals surface area contributed by atoms with Crippen LogP contribution in [0.2, 0.25) is 0 Å². The van der Waals surface area contributed by atoms with E-state index in [1.807, 2.05) is 33.8 Å². The summed E-state index contributed by atoms with van der Waals surface area (Å²) in [5.74, 6) is 1.89. The second-order valence-electron chi connectivity index (χ2n) is 6.92. The summed E-state index contributed by atoms with van der Waals surface area (Å²) in [6.07, 6.45) is 0. The number of anilines is 4. The molecule has 164 valence electrons. The molecule has 0 saturated heterocycles. The highest BCUT2D eigenvalue weighted by atomic mass is 32.2. The van der Waals surface area contributed by atoms with Crippen molar-refractivity contribution < 1.29 is 13.2 Å². The van der Waals surface area contributed by atoms with E-state index in [1.54, 1.807) is 36.4 Å². The fourth-order valence-electron chi connectivity index (χ4n) is 2.96. The van der Waals surface area contributed by atoms with Crippen LogP contribution in [0.3, 0.4) is 0 Å². The molecule has 0 aliphatic heterocycles. The highest BCUT2D eigenvalue weighted by molar-refractivity contribution is 7.92. The van der Waals surface area contributed by atoms with Crippen molar-refractivity contribution in [3.05, 3.63) is 59.8 Å². The van der Waals surface area contributed by atoms with Crippen molar-refractivity contribution >= 4 is 33.2 Å². The molecule has 0 radical (unpaired) electrons. The Labute approximate surface area is 183 Å². The van der Waals surface area contributed by atoms with E-state index >= 15 is 0 Å². The Bertz CT molecular complexity index is 1150. The summed E-state index contributed by atoms with van der Waals surface area (Å²) in [4.78, 5) is 8.92. The van der Waals surface area contributed by atoms with Crippen LogP contribution in [0.1, 0.15) is 25.1 Å². The topological polar surface area (TPSA) is 105 Å². The number of rotatable bonds is 9. The molecule has 0 aliphatic rings. The van der Waals surface area contributed by atoms with Gasteiger partial charge in [-0.1, -0.05) is 0 Å². The number of benzene rings is 2. The minimum Gasteiger partial charge on any atom is -0.494 e. The summed E-state index contributed by atoms with van der Waals surface area (Å²) < 4.78 is 33.6. The molecule has 0 spiro atoms. The summed E-state index contributed by atoms with van der Waals surface area (Å²) >= 11 is 0. The maximum atomic E-state index is 12.7. The zero-order valence-electron chi connectivity index (χ0n) is 18.1. The van der Waals surface area contributed by atoms with Crippen molar-refractivity contribution in [1.29, 1.82) is 0 Å². The Morgan fingerprint density at radius 3 is 2.29 bits per heavy atom. The highest BCUT2D eigenvalue weighted by Crippen LogP contribution is 2.25. The normalized spacial score (nSPS) is 11.1. The second-order valence-corrected chi connectivity index (χ2v) is 8.60. The van der Waals surface area contributed by atoms with Crippen molar-refractivity contribution in [2.24, 2.45) is 0 Å². The lowest BCUT2D eigenvalue weighted by Crippen LogP contribution is -2.13. The van der Waals surface area contributed by atoms with E-state index in [9.17, 15) is 8.42 Å². The fraction of sp³-hybridized carbons (Fsp3) is 0.273. The van der Waals surface area contributed by atoms with E-state index < -0.39 is 10.0 Å². The van der Waals surface area contributed by atoms with Crippen molar-refractivity contribution in [1.82, 2.24) is 9.97 Å². The van der Waals surface area contributed by atoms with Crippen LogP contribution in [-0.2, 0) is 10.0 Å². The summed E-state index contributed by atoms with van der Waals surface area (Å²) in [7, 11) is -3.71. The number of aryl methyl sites for hydroxylation is 2. The smallest absolute Gasteiger partial charge is 0.261 e. The lowest BCUT2D eigenvalue weighted by Gasteiger charge is -2.12. The van der Waals surface area contributed by atoms with Gasteiger partial charge in [0, 0.05) is 29.7 Å². The Morgan fingerprint density at radius 1 is 0.935 bits per heavy atom. The van der Waals surface area contributed by atoms with Crippen LogP contribution in [0.5, 0.6) is 5.75 Å². The number of hydrogen-bond donors (Lipinski definition) is 3. The molecular formula is C22H27N5O3S. The van der Waals surface area contributed by atoms with Crippen LogP contribution in [0, 0.1) is 13.8 Å². The predicted molar refractivity (Wildman–Crippen MR) is 124 cm³/mol. The number of nitrogens with one attached hydrogen (secondary N) is 3. The van der Waals surface area contributed by atoms with Gasteiger partial charge >= 0.3 is 0 Å². The van der Waals surface area contributed by atoms with E-state index in [0.29, 0.717) is 29.8 Å². The van der Waals surface area contributed by atoms with Gasteiger partial charge in [0.05, 0.1) is 11.5 Å². The lowest BCUT2D eigenvalue weighted by atomic mass is 10.2. The molecular weight excluding hydrogens is 414 g/mol. The van der Waals surface area contributed by atoms with Gasteiger partial charge in [0.15, 0.2) is 0 Å². The summed E-state index contributed by atoms with van der Waals surface area (Å²) in [5.41, 5.74) is 2.84. The Morgan fingerprint density at radius 2 is 1.65 bits per heavy atom. The van der Waals surface area contributed by atoms with Crippen LogP contribution in [0.4, 0.5) is 23.1 Å². The number of ether oxygens (including phenoxy) is 1. The predicted octanol–water partition coefficient (Wildman–Crippen LogP) is 4.47. The van der Waals surface area contributed by atoms with Gasteiger partial charge in [0.1, 0.15) is 11.6 Å². The van der Waals surface area contributed by atoms with Gasteiger partial charge < -0.3 is 15.4 Å². The molecule has 0 amide bonds.